The summed E-state index contributed by atoms with van der Waals surface area (Å²) in [7, 11) is -0.431. The van der Waals surface area contributed by atoms with Crippen molar-refractivity contribution in [1.82, 2.24) is 0 Å². The van der Waals surface area contributed by atoms with Crippen molar-refractivity contribution >= 4 is 8.32 Å². The summed E-state index contributed by atoms with van der Waals surface area (Å²) in [6.45, 7) is 18.8. The lowest BCUT2D eigenvalue weighted by Gasteiger charge is -2.40. The fourth-order valence-electron chi connectivity index (χ4n) is 4.94. The summed E-state index contributed by atoms with van der Waals surface area (Å²) in [6.07, 6.45) is 0.910. The Labute approximate surface area is 267 Å². The summed E-state index contributed by atoms with van der Waals surface area (Å²) in [5, 5.41) is 32.6. The average Bonchev–Trinajstić information content (AvgIpc) is 2.92. The molecule has 0 fully saturated rings. The van der Waals surface area contributed by atoms with Gasteiger partial charge in [0.25, 0.3) is 0 Å². The van der Waals surface area contributed by atoms with Gasteiger partial charge in [-0.05, 0) is 80.4 Å². The maximum Gasteiger partial charge on any atom is 0.192 e. The van der Waals surface area contributed by atoms with Crippen molar-refractivity contribution in [2.75, 3.05) is 20.3 Å². The van der Waals surface area contributed by atoms with Crippen LogP contribution in [0.3, 0.4) is 0 Å². The second-order valence-electron chi connectivity index (χ2n) is 13.9. The Balaban J connectivity index is 1.83. The molecule has 0 heterocycles. The molecule has 248 valence electrons. The highest BCUT2D eigenvalue weighted by Crippen LogP contribution is 2.38. The molecule has 0 aromatic heterocycles. The van der Waals surface area contributed by atoms with E-state index in [4.69, 9.17) is 18.6 Å². The Morgan fingerprint density at radius 1 is 0.841 bits per heavy atom. The molecule has 2 rings (SSSR count). The lowest BCUT2D eigenvalue weighted by Crippen LogP contribution is -2.45. The molecule has 0 saturated heterocycles. The summed E-state index contributed by atoms with van der Waals surface area (Å²) < 4.78 is 23.6. The maximum absolute atomic E-state index is 11.1. The van der Waals surface area contributed by atoms with Crippen molar-refractivity contribution in [3.8, 4) is 5.75 Å². The minimum atomic E-state index is -2.08. The lowest BCUT2D eigenvalue weighted by atomic mass is 9.88. The molecule has 2 aromatic carbocycles. The van der Waals surface area contributed by atoms with Crippen LogP contribution in [-0.2, 0) is 27.1 Å². The van der Waals surface area contributed by atoms with E-state index in [1.54, 1.807) is 14.0 Å². The smallest absolute Gasteiger partial charge is 0.192 e. The number of aliphatic hydroxyl groups is 3. The lowest BCUT2D eigenvalue weighted by molar-refractivity contribution is -0.0104. The molecule has 0 spiro atoms. The van der Waals surface area contributed by atoms with Crippen molar-refractivity contribution in [2.45, 2.75) is 121 Å². The highest BCUT2D eigenvalue weighted by molar-refractivity contribution is 6.74. The van der Waals surface area contributed by atoms with Gasteiger partial charge in [0, 0.05) is 25.7 Å². The molecule has 7 nitrogen and oxygen atoms in total. The first-order chi connectivity index (χ1) is 20.6. The van der Waals surface area contributed by atoms with E-state index in [9.17, 15) is 15.3 Å². The van der Waals surface area contributed by atoms with E-state index >= 15 is 0 Å². The van der Waals surface area contributed by atoms with E-state index in [0.717, 1.165) is 22.4 Å². The van der Waals surface area contributed by atoms with Crippen LogP contribution < -0.4 is 4.74 Å². The standard InChI is InChI=1S/C36H58O7Si/c1-28(24-36(5,39)25-31(37)18-20-41-26-29-12-10-9-11-13-29)22-32(38)23-34(43-44(7,8)35(2,3)4)19-21-42-27-30-14-16-33(40-6)17-15-30/h9-17,31-32,34,37-39H,1,18-27H2,2-8H3/t31-,32+,34-,36+/m0/s1. The molecule has 2 aromatic rings. The van der Waals surface area contributed by atoms with Gasteiger partial charge in [0.05, 0.1) is 38.1 Å². The minimum absolute atomic E-state index is 0.0376. The van der Waals surface area contributed by atoms with Crippen molar-refractivity contribution in [3.63, 3.8) is 0 Å². The van der Waals surface area contributed by atoms with Gasteiger partial charge >= 0.3 is 0 Å². The zero-order valence-corrected chi connectivity index (χ0v) is 29.2. The van der Waals surface area contributed by atoms with Crippen LogP contribution in [0.25, 0.3) is 0 Å². The summed E-state index contributed by atoms with van der Waals surface area (Å²) in [5.41, 5.74) is 1.77. The second-order valence-corrected chi connectivity index (χ2v) is 18.6. The molecule has 3 N–H and O–H groups in total. The molecule has 44 heavy (non-hydrogen) atoms. The SMILES string of the molecule is C=C(C[C@@H](O)C[C@H](CCOCc1ccc(OC)cc1)O[Si](C)(C)C(C)(C)C)C[C@@](C)(O)C[C@@H](O)CCOCc1ccccc1. The van der Waals surface area contributed by atoms with Crippen molar-refractivity contribution in [3.05, 3.63) is 77.9 Å². The summed E-state index contributed by atoms with van der Waals surface area (Å²) in [6, 6.07) is 17.7. The van der Waals surface area contributed by atoms with E-state index < -0.39 is 26.1 Å². The Hall–Kier alpha value is -2.04. The maximum atomic E-state index is 11.1. The molecule has 0 radical (unpaired) electrons. The van der Waals surface area contributed by atoms with Crippen LogP contribution >= 0.6 is 0 Å². The predicted octanol–water partition coefficient (Wildman–Crippen LogP) is 7.19. The van der Waals surface area contributed by atoms with Crippen LogP contribution in [0.4, 0.5) is 0 Å². The predicted molar refractivity (Wildman–Crippen MR) is 180 cm³/mol. The molecule has 0 unspecified atom stereocenters. The van der Waals surface area contributed by atoms with Crippen LogP contribution in [0.5, 0.6) is 5.75 Å². The third kappa shape index (κ3) is 14.8. The van der Waals surface area contributed by atoms with Crippen LogP contribution in [0.2, 0.25) is 18.1 Å². The molecule has 8 heteroatoms. The summed E-state index contributed by atoms with van der Waals surface area (Å²) >= 11 is 0. The van der Waals surface area contributed by atoms with Gasteiger partial charge in [-0.3, -0.25) is 0 Å². The van der Waals surface area contributed by atoms with E-state index in [1.807, 2.05) is 54.6 Å². The Kier molecular flexibility index (Phi) is 15.8. The number of hydrogen-bond donors (Lipinski definition) is 3. The zero-order valence-electron chi connectivity index (χ0n) is 28.2. The molecule has 4 atom stereocenters. The second kappa shape index (κ2) is 18.2. The molecule has 0 amide bonds. The van der Waals surface area contributed by atoms with Crippen molar-refractivity contribution < 1.29 is 34.0 Å². The number of hydrogen-bond acceptors (Lipinski definition) is 7. The van der Waals surface area contributed by atoms with Gasteiger partial charge in [-0.2, -0.15) is 0 Å². The zero-order chi connectivity index (χ0) is 32.8. The van der Waals surface area contributed by atoms with E-state index in [-0.39, 0.29) is 17.6 Å². The normalized spacial score (nSPS) is 15.8. The summed E-state index contributed by atoms with van der Waals surface area (Å²) in [4.78, 5) is 0. The van der Waals surface area contributed by atoms with Gasteiger partial charge < -0.3 is 34.0 Å². The number of aliphatic hydroxyl groups excluding tert-OH is 2. The van der Waals surface area contributed by atoms with E-state index in [2.05, 4.69) is 40.4 Å². The van der Waals surface area contributed by atoms with Gasteiger partial charge in [0.1, 0.15) is 5.75 Å². The highest BCUT2D eigenvalue weighted by Gasteiger charge is 2.39. The molecule has 0 aliphatic heterocycles. The first-order valence-corrected chi connectivity index (χ1v) is 18.8. The van der Waals surface area contributed by atoms with Crippen LogP contribution in [0, 0.1) is 0 Å². The van der Waals surface area contributed by atoms with Crippen molar-refractivity contribution in [1.29, 1.82) is 0 Å². The summed E-state index contributed by atoms with van der Waals surface area (Å²) in [5.74, 6) is 0.814. The minimum Gasteiger partial charge on any atom is -0.497 e. The fourth-order valence-corrected chi connectivity index (χ4v) is 6.34. The molecule has 0 bridgehead atoms. The Bertz CT molecular complexity index is 1080. The van der Waals surface area contributed by atoms with Crippen LogP contribution in [-0.4, -0.2) is 67.9 Å². The first kappa shape index (κ1) is 38.1. The third-order valence-corrected chi connectivity index (χ3v) is 12.9. The largest absolute Gasteiger partial charge is 0.497 e. The number of rotatable bonds is 21. The molecular formula is C36H58O7Si. The van der Waals surface area contributed by atoms with Gasteiger partial charge in [-0.25, -0.2) is 0 Å². The van der Waals surface area contributed by atoms with E-state index in [1.165, 1.54) is 0 Å². The van der Waals surface area contributed by atoms with Gasteiger partial charge in [-0.15, -0.1) is 0 Å². The first-order valence-electron chi connectivity index (χ1n) is 15.9. The molecule has 0 aliphatic rings. The molecule has 0 aliphatic carbocycles. The van der Waals surface area contributed by atoms with Gasteiger partial charge in [-0.1, -0.05) is 75.4 Å². The third-order valence-electron chi connectivity index (χ3n) is 8.35. The number of benzene rings is 2. The average molecular weight is 631 g/mol. The van der Waals surface area contributed by atoms with Crippen LogP contribution in [0.15, 0.2) is 66.7 Å². The number of ether oxygens (including phenoxy) is 3. The fraction of sp³-hybridized carbons (Fsp3) is 0.611. The molecular weight excluding hydrogens is 572 g/mol. The molecule has 0 saturated carbocycles. The number of methoxy groups -OCH3 is 1. The van der Waals surface area contributed by atoms with E-state index in [0.29, 0.717) is 58.5 Å². The Morgan fingerprint density at radius 3 is 1.98 bits per heavy atom. The quantitative estimate of drug-likeness (QED) is 0.0763. The van der Waals surface area contributed by atoms with Gasteiger partial charge in [0.2, 0.25) is 0 Å². The van der Waals surface area contributed by atoms with Crippen molar-refractivity contribution in [2.24, 2.45) is 0 Å². The topological polar surface area (TPSA) is 97.6 Å². The van der Waals surface area contributed by atoms with Gasteiger partial charge in [0.15, 0.2) is 8.32 Å². The Morgan fingerprint density at radius 2 is 1.41 bits per heavy atom. The monoisotopic (exact) mass is 630 g/mol. The van der Waals surface area contributed by atoms with Crippen LogP contribution in [0.1, 0.15) is 77.3 Å². The highest BCUT2D eigenvalue weighted by atomic mass is 28.4.